The first-order valence-electron chi connectivity index (χ1n) is 10.5. The van der Waals surface area contributed by atoms with Crippen molar-refractivity contribution in [1.82, 2.24) is 5.32 Å². The van der Waals surface area contributed by atoms with Crippen LogP contribution in [0.5, 0.6) is 5.75 Å². The second-order valence-electron chi connectivity index (χ2n) is 7.65. The maximum Gasteiger partial charge on any atom is 0.118 e. The lowest BCUT2D eigenvalue weighted by Crippen LogP contribution is -2.25. The smallest absolute Gasteiger partial charge is 0.118 e. The fourth-order valence-electron chi connectivity index (χ4n) is 3.74. The Balaban J connectivity index is 1.55. The molecule has 154 valence electrons. The molecule has 0 radical (unpaired) electrons. The largest absolute Gasteiger partial charge is 0.497 e. The van der Waals surface area contributed by atoms with E-state index in [9.17, 15) is 0 Å². The van der Waals surface area contributed by atoms with Crippen LogP contribution in [0.3, 0.4) is 0 Å². The Morgan fingerprint density at radius 2 is 1.70 bits per heavy atom. The van der Waals surface area contributed by atoms with Crippen molar-refractivity contribution < 1.29 is 4.74 Å². The van der Waals surface area contributed by atoms with E-state index in [1.807, 2.05) is 12.1 Å². The molecule has 4 heteroatoms. The van der Waals surface area contributed by atoms with Gasteiger partial charge >= 0.3 is 0 Å². The predicted molar refractivity (Wildman–Crippen MR) is 123 cm³/mol. The maximum atomic E-state index is 6.00. The molecule has 1 unspecified atom stereocenters. The molecule has 4 rings (SSSR count). The Labute approximate surface area is 178 Å². The molecule has 3 aromatic rings. The molecular weight excluding hydrogens is 370 g/mol. The van der Waals surface area contributed by atoms with Crippen LogP contribution in [0.1, 0.15) is 35.6 Å². The van der Waals surface area contributed by atoms with Crippen LogP contribution in [0.4, 0.5) is 5.69 Å². The summed E-state index contributed by atoms with van der Waals surface area (Å²) < 4.78 is 5.34. The van der Waals surface area contributed by atoms with E-state index in [1.54, 1.807) is 7.11 Å². The first-order chi connectivity index (χ1) is 14.7. The van der Waals surface area contributed by atoms with Crippen molar-refractivity contribution in [3.8, 4) is 5.75 Å². The molecular formula is C26H29N3O. The highest BCUT2D eigenvalue weighted by atomic mass is 16.5. The zero-order valence-corrected chi connectivity index (χ0v) is 17.4. The van der Waals surface area contributed by atoms with E-state index in [0.29, 0.717) is 0 Å². The van der Waals surface area contributed by atoms with Crippen LogP contribution in [0.15, 0.2) is 90.3 Å². The molecule has 0 amide bonds. The van der Waals surface area contributed by atoms with Gasteiger partial charge in [0.05, 0.1) is 13.2 Å². The fraction of sp³-hybridized carbons (Fsp3) is 0.231. The second-order valence-corrected chi connectivity index (χ2v) is 7.65. The maximum absolute atomic E-state index is 6.00. The van der Waals surface area contributed by atoms with Gasteiger partial charge in [0.15, 0.2) is 0 Å². The van der Waals surface area contributed by atoms with Crippen LogP contribution in [-0.2, 0) is 6.42 Å². The molecule has 3 aromatic carbocycles. The molecule has 4 N–H and O–H groups in total. The molecule has 0 heterocycles. The van der Waals surface area contributed by atoms with Crippen molar-refractivity contribution in [3.05, 3.63) is 107 Å². The molecule has 4 nitrogen and oxygen atoms in total. The normalized spacial score (nSPS) is 14.2. The number of anilines is 1. The summed E-state index contributed by atoms with van der Waals surface area (Å²) >= 11 is 0. The van der Waals surface area contributed by atoms with Gasteiger partial charge in [-0.1, -0.05) is 54.6 Å². The third kappa shape index (κ3) is 4.84. The van der Waals surface area contributed by atoms with Crippen LogP contribution in [0, 0.1) is 0 Å². The molecule has 0 saturated heterocycles. The van der Waals surface area contributed by atoms with Gasteiger partial charge in [-0.05, 0) is 60.2 Å². The van der Waals surface area contributed by atoms with Gasteiger partial charge < -0.3 is 21.1 Å². The summed E-state index contributed by atoms with van der Waals surface area (Å²) in [5, 5.41) is 7.23. The van der Waals surface area contributed by atoms with Crippen LogP contribution in [0.2, 0.25) is 0 Å². The lowest BCUT2D eigenvalue weighted by atomic mass is 9.97. The summed E-state index contributed by atoms with van der Waals surface area (Å²) in [4.78, 5) is 0. The molecule has 0 bridgehead atoms. The Kier molecular flexibility index (Phi) is 6.35. The van der Waals surface area contributed by atoms with Gasteiger partial charge in [0.25, 0.3) is 0 Å². The van der Waals surface area contributed by atoms with Gasteiger partial charge in [0, 0.05) is 23.6 Å². The standard InChI is InChI=1S/C26H29N3O/c1-30-23-12-10-20(11-13-23)26(28-17-16-19-6-3-2-4-7-19)21-8-5-9-22(18-21)29-25-15-14-24(25)27/h2-13,18,26,28-29H,14-17,27H2,1H3. The Bertz CT molecular complexity index is 996. The first kappa shape index (κ1) is 20.0. The van der Waals surface area contributed by atoms with Crippen molar-refractivity contribution in [3.63, 3.8) is 0 Å². The number of allylic oxidation sites excluding steroid dienone is 2. The van der Waals surface area contributed by atoms with Gasteiger partial charge in [-0.3, -0.25) is 0 Å². The number of benzene rings is 3. The minimum atomic E-state index is 0.0917. The van der Waals surface area contributed by atoms with E-state index >= 15 is 0 Å². The molecule has 0 aromatic heterocycles. The zero-order valence-electron chi connectivity index (χ0n) is 17.4. The van der Waals surface area contributed by atoms with Gasteiger partial charge in [0.1, 0.15) is 5.75 Å². The van der Waals surface area contributed by atoms with E-state index in [1.165, 1.54) is 16.7 Å². The Morgan fingerprint density at radius 3 is 2.37 bits per heavy atom. The van der Waals surface area contributed by atoms with E-state index in [-0.39, 0.29) is 6.04 Å². The van der Waals surface area contributed by atoms with Crippen molar-refractivity contribution in [1.29, 1.82) is 0 Å². The zero-order chi connectivity index (χ0) is 20.8. The van der Waals surface area contributed by atoms with Crippen LogP contribution < -0.4 is 21.1 Å². The van der Waals surface area contributed by atoms with Gasteiger partial charge in [-0.2, -0.15) is 0 Å². The Morgan fingerprint density at radius 1 is 0.900 bits per heavy atom. The lowest BCUT2D eigenvalue weighted by molar-refractivity contribution is 0.414. The summed E-state index contributed by atoms with van der Waals surface area (Å²) in [6, 6.07) is 27.5. The minimum absolute atomic E-state index is 0.0917. The SMILES string of the molecule is COc1ccc(C(NCCc2ccccc2)c2cccc(NC3=C(N)CC3)c2)cc1. The van der Waals surface area contributed by atoms with E-state index in [0.717, 1.165) is 48.6 Å². The highest BCUT2D eigenvalue weighted by Crippen LogP contribution is 2.29. The molecule has 1 aliphatic carbocycles. The summed E-state index contributed by atoms with van der Waals surface area (Å²) in [6.07, 6.45) is 2.99. The van der Waals surface area contributed by atoms with Crippen molar-refractivity contribution in [2.45, 2.75) is 25.3 Å². The first-order valence-corrected chi connectivity index (χ1v) is 10.5. The number of rotatable bonds is 9. The molecule has 1 aliphatic rings. The summed E-state index contributed by atoms with van der Waals surface area (Å²) in [6.45, 7) is 0.885. The quantitative estimate of drug-likeness (QED) is 0.474. The molecule has 1 atom stereocenters. The average Bonchev–Trinajstić information content (AvgIpc) is 2.80. The molecule has 0 aliphatic heterocycles. The second kappa shape index (κ2) is 9.51. The predicted octanol–water partition coefficient (Wildman–Crippen LogP) is 4.99. The summed E-state index contributed by atoms with van der Waals surface area (Å²) in [5.41, 5.74) is 13.0. The highest BCUT2D eigenvalue weighted by molar-refractivity contribution is 5.54. The summed E-state index contributed by atoms with van der Waals surface area (Å²) in [7, 11) is 1.70. The van der Waals surface area contributed by atoms with Gasteiger partial charge in [0.2, 0.25) is 0 Å². The van der Waals surface area contributed by atoms with Gasteiger partial charge in [-0.25, -0.2) is 0 Å². The van der Waals surface area contributed by atoms with Crippen LogP contribution in [-0.4, -0.2) is 13.7 Å². The Hall–Kier alpha value is -3.24. The van der Waals surface area contributed by atoms with Gasteiger partial charge in [-0.15, -0.1) is 0 Å². The number of hydrogen-bond donors (Lipinski definition) is 3. The number of nitrogens with two attached hydrogens (primary N) is 1. The number of nitrogens with one attached hydrogen (secondary N) is 2. The highest BCUT2D eigenvalue weighted by Gasteiger charge is 2.17. The monoisotopic (exact) mass is 399 g/mol. The molecule has 0 fully saturated rings. The molecule has 0 saturated carbocycles. The van der Waals surface area contributed by atoms with Crippen molar-refractivity contribution >= 4 is 5.69 Å². The topological polar surface area (TPSA) is 59.3 Å². The third-order valence-electron chi connectivity index (χ3n) is 5.60. The van der Waals surface area contributed by atoms with Crippen molar-refractivity contribution in [2.75, 3.05) is 19.0 Å². The summed E-state index contributed by atoms with van der Waals surface area (Å²) in [5.74, 6) is 0.865. The molecule has 30 heavy (non-hydrogen) atoms. The number of hydrogen-bond acceptors (Lipinski definition) is 4. The molecule has 0 spiro atoms. The van der Waals surface area contributed by atoms with E-state index < -0.39 is 0 Å². The minimum Gasteiger partial charge on any atom is -0.497 e. The third-order valence-corrected chi connectivity index (χ3v) is 5.60. The van der Waals surface area contributed by atoms with E-state index in [4.69, 9.17) is 10.5 Å². The number of methoxy groups -OCH3 is 1. The average molecular weight is 400 g/mol. The van der Waals surface area contributed by atoms with Crippen LogP contribution >= 0.6 is 0 Å². The van der Waals surface area contributed by atoms with Crippen LogP contribution in [0.25, 0.3) is 0 Å². The van der Waals surface area contributed by atoms with Crippen molar-refractivity contribution in [2.24, 2.45) is 5.73 Å². The van der Waals surface area contributed by atoms with E-state index in [2.05, 4.69) is 77.4 Å². The fourth-order valence-corrected chi connectivity index (χ4v) is 3.74. The number of ether oxygens (including phenoxy) is 1. The lowest BCUT2D eigenvalue weighted by Gasteiger charge is -2.24.